The molecule has 1 fully saturated rings. The minimum Gasteiger partial charge on any atom is -0.399 e. The average Bonchev–Trinajstić information content (AvgIpc) is 3.31. The Kier molecular flexibility index (Phi) is 4.78. The predicted octanol–water partition coefficient (Wildman–Crippen LogP) is 2.36. The van der Waals surface area contributed by atoms with Crippen molar-refractivity contribution in [3.8, 4) is 11.3 Å². The Morgan fingerprint density at radius 2 is 1.97 bits per heavy atom. The minimum absolute atomic E-state index is 0.744. The molecule has 0 atom stereocenters. The predicted molar refractivity (Wildman–Crippen MR) is 117 cm³/mol. The number of thiazole rings is 1. The lowest BCUT2D eigenvalue weighted by atomic mass is 10.1. The van der Waals surface area contributed by atoms with Gasteiger partial charge in [0, 0.05) is 50.7 Å². The maximum atomic E-state index is 5.78. The Bertz CT molecular complexity index is 1130. The molecule has 0 radical (unpaired) electrons. The summed E-state index contributed by atoms with van der Waals surface area (Å²) >= 11 is 1.58. The van der Waals surface area contributed by atoms with Crippen LogP contribution in [-0.2, 0) is 4.74 Å². The average molecular weight is 410 g/mol. The van der Waals surface area contributed by atoms with Crippen molar-refractivity contribution in [1.29, 1.82) is 0 Å². The first-order valence-electron chi connectivity index (χ1n) is 9.69. The molecule has 0 amide bonds. The molecule has 3 aromatic heterocycles. The summed E-state index contributed by atoms with van der Waals surface area (Å²) in [4.78, 5) is 20.5. The second kappa shape index (κ2) is 7.58. The van der Waals surface area contributed by atoms with Crippen molar-refractivity contribution in [2.24, 2.45) is 0 Å². The van der Waals surface area contributed by atoms with E-state index in [-0.39, 0.29) is 0 Å². The molecular formula is C20H23N7OS. The Labute approximate surface area is 172 Å². The molecule has 5 rings (SSSR count). The summed E-state index contributed by atoms with van der Waals surface area (Å²) in [5, 5.41) is 0. The van der Waals surface area contributed by atoms with Crippen LogP contribution in [0.3, 0.4) is 0 Å². The maximum absolute atomic E-state index is 5.78. The van der Waals surface area contributed by atoms with Crippen LogP contribution < -0.4 is 10.6 Å². The zero-order chi connectivity index (χ0) is 19.8. The van der Waals surface area contributed by atoms with Crippen LogP contribution >= 0.6 is 11.3 Å². The van der Waals surface area contributed by atoms with E-state index in [4.69, 9.17) is 20.4 Å². The summed E-state index contributed by atoms with van der Waals surface area (Å²) in [7, 11) is 2.04. The van der Waals surface area contributed by atoms with Crippen LogP contribution in [0.5, 0.6) is 0 Å². The van der Waals surface area contributed by atoms with E-state index in [1.165, 1.54) is 0 Å². The third kappa shape index (κ3) is 3.64. The van der Waals surface area contributed by atoms with Gasteiger partial charge in [0.15, 0.2) is 4.96 Å². The number of nitrogen functional groups attached to an aromatic ring is 1. The van der Waals surface area contributed by atoms with Crippen LogP contribution in [0.25, 0.3) is 26.6 Å². The van der Waals surface area contributed by atoms with E-state index in [1.54, 1.807) is 11.3 Å². The highest BCUT2D eigenvalue weighted by molar-refractivity contribution is 7.23. The van der Waals surface area contributed by atoms with Crippen LogP contribution in [0, 0.1) is 0 Å². The van der Waals surface area contributed by atoms with E-state index in [1.807, 2.05) is 43.7 Å². The second-order valence-electron chi connectivity index (χ2n) is 7.24. The van der Waals surface area contributed by atoms with E-state index in [9.17, 15) is 0 Å². The zero-order valence-corrected chi connectivity index (χ0v) is 17.1. The van der Waals surface area contributed by atoms with Crippen molar-refractivity contribution in [2.75, 3.05) is 57.1 Å². The molecule has 0 aliphatic carbocycles. The number of hydrogen-bond donors (Lipinski definition) is 1. The zero-order valence-electron chi connectivity index (χ0n) is 16.3. The molecule has 4 aromatic rings. The van der Waals surface area contributed by atoms with Gasteiger partial charge in [-0.15, -0.1) is 0 Å². The Balaban J connectivity index is 1.36. The number of anilines is 2. The SMILES string of the molecule is CN(CCN1CCOCC1)c1ncc2c(n1)sc1nc(-c3ccc(N)cc3)cn12. The summed E-state index contributed by atoms with van der Waals surface area (Å²) in [6.07, 6.45) is 3.92. The molecule has 1 aliphatic heterocycles. The van der Waals surface area contributed by atoms with Crippen molar-refractivity contribution in [3.05, 3.63) is 36.7 Å². The van der Waals surface area contributed by atoms with E-state index in [0.717, 1.165) is 77.6 Å². The van der Waals surface area contributed by atoms with E-state index in [2.05, 4.69) is 19.2 Å². The van der Waals surface area contributed by atoms with Gasteiger partial charge >= 0.3 is 0 Å². The number of benzene rings is 1. The standard InChI is InChI=1S/C20H23N7OS/c1-25(6-7-26-8-10-28-11-9-26)19-22-12-17-18(24-19)29-20-23-16(13-27(17)20)14-2-4-15(21)5-3-14/h2-5,12-13H,6-11,21H2,1H3. The number of hydrogen-bond acceptors (Lipinski definition) is 8. The molecule has 1 aromatic carbocycles. The van der Waals surface area contributed by atoms with E-state index in [0.29, 0.717) is 0 Å². The van der Waals surface area contributed by atoms with Gasteiger partial charge in [-0.05, 0) is 12.1 Å². The summed E-state index contributed by atoms with van der Waals surface area (Å²) in [5.41, 5.74) is 9.48. The van der Waals surface area contributed by atoms with Gasteiger partial charge in [-0.25, -0.2) is 15.0 Å². The maximum Gasteiger partial charge on any atom is 0.226 e. The quantitative estimate of drug-likeness (QED) is 0.507. The number of morpholine rings is 1. The fourth-order valence-corrected chi connectivity index (χ4v) is 4.43. The molecule has 8 nitrogen and oxygen atoms in total. The van der Waals surface area contributed by atoms with Gasteiger partial charge in [-0.1, -0.05) is 23.5 Å². The van der Waals surface area contributed by atoms with Gasteiger partial charge in [0.1, 0.15) is 10.3 Å². The molecule has 29 heavy (non-hydrogen) atoms. The van der Waals surface area contributed by atoms with Gasteiger partial charge in [0.25, 0.3) is 0 Å². The number of fused-ring (bicyclic) bond motifs is 3. The number of imidazole rings is 1. The fraction of sp³-hybridized carbons (Fsp3) is 0.350. The molecule has 1 aliphatic rings. The Morgan fingerprint density at radius 3 is 2.76 bits per heavy atom. The van der Waals surface area contributed by atoms with Crippen LogP contribution in [-0.4, -0.2) is 70.7 Å². The number of nitrogens with zero attached hydrogens (tertiary/aromatic N) is 6. The third-order valence-electron chi connectivity index (χ3n) is 5.25. The molecule has 150 valence electrons. The number of aromatic nitrogens is 4. The second-order valence-corrected chi connectivity index (χ2v) is 8.19. The lowest BCUT2D eigenvalue weighted by Gasteiger charge is -2.28. The van der Waals surface area contributed by atoms with Crippen molar-refractivity contribution in [2.45, 2.75) is 0 Å². The lowest BCUT2D eigenvalue weighted by molar-refractivity contribution is 0.0392. The first-order chi connectivity index (χ1) is 14.2. The number of nitrogens with two attached hydrogens (primary N) is 1. The normalized spacial score (nSPS) is 15.3. The highest BCUT2D eigenvalue weighted by Gasteiger charge is 2.15. The molecule has 1 saturated heterocycles. The lowest BCUT2D eigenvalue weighted by Crippen LogP contribution is -2.41. The Hall–Kier alpha value is -2.75. The molecule has 0 saturated carbocycles. The highest BCUT2D eigenvalue weighted by Crippen LogP contribution is 2.29. The molecule has 0 bridgehead atoms. The van der Waals surface area contributed by atoms with Crippen molar-refractivity contribution in [3.63, 3.8) is 0 Å². The van der Waals surface area contributed by atoms with Crippen molar-refractivity contribution in [1.82, 2.24) is 24.3 Å². The Morgan fingerprint density at radius 1 is 1.17 bits per heavy atom. The van der Waals surface area contributed by atoms with Gasteiger partial charge < -0.3 is 15.4 Å². The topological polar surface area (TPSA) is 84.8 Å². The molecule has 4 heterocycles. The van der Waals surface area contributed by atoms with E-state index >= 15 is 0 Å². The fourth-order valence-electron chi connectivity index (χ4n) is 3.48. The van der Waals surface area contributed by atoms with Gasteiger partial charge in [-0.2, -0.15) is 0 Å². The summed E-state index contributed by atoms with van der Waals surface area (Å²) in [6.45, 7) is 5.49. The highest BCUT2D eigenvalue weighted by atomic mass is 32.1. The monoisotopic (exact) mass is 409 g/mol. The first-order valence-corrected chi connectivity index (χ1v) is 10.5. The van der Waals surface area contributed by atoms with Crippen LogP contribution in [0.1, 0.15) is 0 Å². The van der Waals surface area contributed by atoms with Crippen molar-refractivity contribution < 1.29 is 4.74 Å². The molecule has 9 heteroatoms. The van der Waals surface area contributed by atoms with Crippen LogP contribution in [0.15, 0.2) is 36.7 Å². The van der Waals surface area contributed by atoms with Crippen LogP contribution in [0.2, 0.25) is 0 Å². The summed E-state index contributed by atoms with van der Waals surface area (Å²) in [5.74, 6) is 0.744. The van der Waals surface area contributed by atoms with Crippen molar-refractivity contribution >= 4 is 38.3 Å². The smallest absolute Gasteiger partial charge is 0.226 e. The first kappa shape index (κ1) is 18.3. The number of likely N-dealkylation sites (N-methyl/N-ethyl adjacent to an activating group) is 1. The third-order valence-corrected chi connectivity index (χ3v) is 6.21. The largest absolute Gasteiger partial charge is 0.399 e. The molecule has 2 N–H and O–H groups in total. The van der Waals surface area contributed by atoms with Gasteiger partial charge in [-0.3, -0.25) is 9.30 Å². The van der Waals surface area contributed by atoms with E-state index < -0.39 is 0 Å². The molecule has 0 spiro atoms. The number of ether oxygens (including phenoxy) is 1. The van der Waals surface area contributed by atoms with Gasteiger partial charge in [0.05, 0.1) is 25.1 Å². The molecule has 0 unspecified atom stereocenters. The summed E-state index contributed by atoms with van der Waals surface area (Å²) in [6, 6.07) is 7.76. The summed E-state index contributed by atoms with van der Waals surface area (Å²) < 4.78 is 7.47. The molecular weight excluding hydrogens is 386 g/mol. The van der Waals surface area contributed by atoms with Gasteiger partial charge in [0.2, 0.25) is 5.95 Å². The van der Waals surface area contributed by atoms with Crippen LogP contribution in [0.4, 0.5) is 11.6 Å². The minimum atomic E-state index is 0.744. The number of rotatable bonds is 5.